The SMILES string of the molecule is Fc1c(F)c(F)c(-c2c(F)c(F)c(-c3c(F)c(F)c(-c4c(F)c(F)c(-c5c(F)c(F)c(-c6c(F)c(F)c(-c7c(F)c(F)c(-c8c(F)c(F)c(-c9c(F)c(F)c(F)c(F)c9F)c(F)c8F)c(F)c7F)c(F)c6F)c(F)c5F)c(F)c4F)c(F)c3F)c(F)c2F)c(F)c1F. The zero-order chi connectivity index (χ0) is 69.2. The Morgan fingerprint density at radius 1 is 0.0543 bits per heavy atom. The van der Waals surface area contributed by atoms with Crippen LogP contribution in [0.4, 0.5) is 167 Å². The standard InChI is InChI=1S/C54F38/c55-17-1(3-21(59)25(63)5(26(64)22(3)60)7-29(67)33(71)9(34(72)30(7)68)11-37(75)41(79)13(42(80)38(11)76)15-45(83)49(87)53(91)50(88)46(15)84)18(56)20(58)2(19(17)57)4-23(61)27(65)6(28(66)24(4)62)8-31(69)35(73)10(36(74)32(8)70)12-39(77)43(81)14(44(82)40(12)78)16-47(85)51(89)54(92)52(90)48(16)86. The minimum atomic E-state index is -3.70. The summed E-state index contributed by atoms with van der Waals surface area (Å²) in [5.41, 5.74) is -50.3. The Balaban J connectivity index is 1.16. The molecule has 9 aromatic carbocycles. The van der Waals surface area contributed by atoms with Crippen LogP contribution in [0.15, 0.2) is 0 Å². The summed E-state index contributed by atoms with van der Waals surface area (Å²) in [6.45, 7) is 0. The molecule has 0 fully saturated rings. The molecule has 0 aliphatic rings. The van der Waals surface area contributed by atoms with Gasteiger partial charge in [0.05, 0.1) is 89.0 Å². The second-order valence-corrected chi connectivity index (χ2v) is 17.9. The fraction of sp³-hybridized carbons (Fsp3) is 0. The van der Waals surface area contributed by atoms with E-state index in [4.69, 9.17) is 0 Å². The zero-order valence-corrected chi connectivity index (χ0v) is 41.4. The summed E-state index contributed by atoms with van der Waals surface area (Å²) >= 11 is 0. The van der Waals surface area contributed by atoms with Gasteiger partial charge in [0.15, 0.2) is 209 Å². The van der Waals surface area contributed by atoms with Crippen molar-refractivity contribution in [3.63, 3.8) is 0 Å². The van der Waals surface area contributed by atoms with Gasteiger partial charge in [0.1, 0.15) is 0 Å². The van der Waals surface area contributed by atoms with E-state index >= 15 is 123 Å². The fourth-order valence-corrected chi connectivity index (χ4v) is 9.14. The lowest BCUT2D eigenvalue weighted by molar-refractivity contribution is 0.379. The highest BCUT2D eigenvalue weighted by atomic mass is 19.2. The molecule has 0 heterocycles. The molecule has 0 radical (unpaired) electrons. The maximum Gasteiger partial charge on any atom is 0.200 e. The van der Waals surface area contributed by atoms with Crippen molar-refractivity contribution in [3.05, 3.63) is 221 Å². The lowest BCUT2D eigenvalue weighted by Gasteiger charge is -2.19. The molecule has 0 saturated carbocycles. The Kier molecular flexibility index (Phi) is 16.4. The van der Waals surface area contributed by atoms with Gasteiger partial charge in [-0.3, -0.25) is 0 Å². The number of benzene rings is 9. The lowest BCUT2D eigenvalue weighted by atomic mass is 9.90. The zero-order valence-electron chi connectivity index (χ0n) is 41.4. The van der Waals surface area contributed by atoms with E-state index in [1.807, 2.05) is 0 Å². The average molecular weight is 1370 g/mol. The van der Waals surface area contributed by atoms with Gasteiger partial charge < -0.3 is 0 Å². The Bertz CT molecular complexity index is 4330. The normalized spacial score (nSPS) is 11.8. The maximum atomic E-state index is 15.8. The van der Waals surface area contributed by atoms with Gasteiger partial charge in [0.25, 0.3) is 0 Å². The van der Waals surface area contributed by atoms with Crippen LogP contribution >= 0.6 is 0 Å². The second kappa shape index (κ2) is 22.6. The summed E-state index contributed by atoms with van der Waals surface area (Å²) in [6.07, 6.45) is 0. The molecule has 0 bridgehead atoms. The number of hydrogen-bond acceptors (Lipinski definition) is 0. The fourth-order valence-electron chi connectivity index (χ4n) is 9.14. The molecule has 0 atom stereocenters. The smallest absolute Gasteiger partial charge is 0.200 e. The highest BCUT2D eigenvalue weighted by Gasteiger charge is 2.45. The van der Waals surface area contributed by atoms with Gasteiger partial charge in [-0.2, -0.15) is 0 Å². The minimum absolute atomic E-state index is 2.86. The monoisotopic (exact) mass is 1370 g/mol. The predicted octanol–water partition coefficient (Wildman–Crippen LogP) is 20.3. The third-order valence-corrected chi connectivity index (χ3v) is 13.3. The molecule has 0 aliphatic heterocycles. The average Bonchev–Trinajstić information content (AvgIpc) is 0.736. The lowest BCUT2D eigenvalue weighted by Crippen LogP contribution is -2.14. The van der Waals surface area contributed by atoms with E-state index in [1.54, 1.807) is 0 Å². The van der Waals surface area contributed by atoms with Gasteiger partial charge in [-0.15, -0.1) is 0 Å². The Labute approximate surface area is 476 Å². The van der Waals surface area contributed by atoms with Gasteiger partial charge in [-0.05, 0) is 0 Å². The first-order valence-electron chi connectivity index (χ1n) is 22.7. The summed E-state index contributed by atoms with van der Waals surface area (Å²) in [7, 11) is 0. The number of hydrogen-bond donors (Lipinski definition) is 0. The van der Waals surface area contributed by atoms with E-state index in [1.165, 1.54) is 0 Å². The van der Waals surface area contributed by atoms with Gasteiger partial charge >= 0.3 is 0 Å². The Morgan fingerprint density at radius 2 is 0.0870 bits per heavy atom. The topological polar surface area (TPSA) is 0 Å². The molecule has 482 valence electrons. The van der Waals surface area contributed by atoms with E-state index in [0.29, 0.717) is 0 Å². The van der Waals surface area contributed by atoms with Crippen LogP contribution in [0.1, 0.15) is 0 Å². The summed E-state index contributed by atoms with van der Waals surface area (Å²) in [6, 6.07) is 0. The van der Waals surface area contributed by atoms with E-state index in [2.05, 4.69) is 0 Å². The first-order chi connectivity index (χ1) is 42.6. The third kappa shape index (κ3) is 8.90. The molecule has 0 nitrogen and oxygen atoms in total. The van der Waals surface area contributed by atoms with Crippen LogP contribution < -0.4 is 0 Å². The summed E-state index contributed by atoms with van der Waals surface area (Å²) in [5, 5.41) is 0. The minimum Gasteiger partial charge on any atom is -0.203 e. The van der Waals surface area contributed by atoms with Gasteiger partial charge in [-0.1, -0.05) is 0 Å². The predicted molar refractivity (Wildman–Crippen MR) is 228 cm³/mol. The third-order valence-electron chi connectivity index (χ3n) is 13.3. The van der Waals surface area contributed by atoms with Gasteiger partial charge in [-0.25, -0.2) is 167 Å². The van der Waals surface area contributed by atoms with Crippen LogP contribution in [0.3, 0.4) is 0 Å². The number of rotatable bonds is 8. The van der Waals surface area contributed by atoms with Crippen molar-refractivity contribution in [3.8, 4) is 89.0 Å². The molecule has 9 aromatic rings. The van der Waals surface area contributed by atoms with Crippen LogP contribution in [0.25, 0.3) is 89.0 Å². The molecule has 92 heavy (non-hydrogen) atoms. The molecular formula is C54F38. The molecule has 0 amide bonds. The van der Waals surface area contributed by atoms with Gasteiger partial charge in [0, 0.05) is 0 Å². The summed E-state index contributed by atoms with van der Waals surface area (Å²) in [4.78, 5) is 0. The van der Waals surface area contributed by atoms with Crippen molar-refractivity contribution < 1.29 is 167 Å². The highest BCUT2D eigenvalue weighted by molar-refractivity contribution is 5.83. The van der Waals surface area contributed by atoms with E-state index in [0.717, 1.165) is 0 Å². The highest BCUT2D eigenvalue weighted by Crippen LogP contribution is 2.51. The first kappa shape index (κ1) is 66.7. The summed E-state index contributed by atoms with van der Waals surface area (Å²) < 4.78 is 576. The molecule has 0 spiro atoms. The maximum absolute atomic E-state index is 15.8. The molecular weight excluding hydrogens is 1370 g/mol. The van der Waals surface area contributed by atoms with Crippen LogP contribution in [0, 0.1) is 221 Å². The molecule has 9 rings (SSSR count). The molecule has 0 N–H and O–H groups in total. The Hall–Kier alpha value is -9.68. The van der Waals surface area contributed by atoms with Crippen LogP contribution in [-0.4, -0.2) is 0 Å². The van der Waals surface area contributed by atoms with Crippen LogP contribution in [0.5, 0.6) is 0 Å². The molecule has 0 aromatic heterocycles. The van der Waals surface area contributed by atoms with Gasteiger partial charge in [0.2, 0.25) is 11.6 Å². The van der Waals surface area contributed by atoms with E-state index < -0.39 is 310 Å². The van der Waals surface area contributed by atoms with E-state index in [-0.39, 0.29) is 0 Å². The molecule has 38 heteroatoms. The first-order valence-corrected chi connectivity index (χ1v) is 22.7. The summed E-state index contributed by atoms with van der Waals surface area (Å²) in [5.74, 6) is -132. The molecule has 0 saturated heterocycles. The largest absolute Gasteiger partial charge is 0.203 e. The van der Waals surface area contributed by atoms with Crippen molar-refractivity contribution in [2.24, 2.45) is 0 Å². The second-order valence-electron chi connectivity index (χ2n) is 17.9. The quantitative estimate of drug-likeness (QED) is 0.0808. The molecule has 0 aliphatic carbocycles. The van der Waals surface area contributed by atoms with Crippen molar-refractivity contribution in [2.75, 3.05) is 0 Å². The van der Waals surface area contributed by atoms with Crippen LogP contribution in [0.2, 0.25) is 0 Å². The Morgan fingerprint density at radius 3 is 0.141 bits per heavy atom. The van der Waals surface area contributed by atoms with Crippen LogP contribution in [-0.2, 0) is 0 Å². The molecule has 0 unspecified atom stereocenters. The van der Waals surface area contributed by atoms with E-state index in [9.17, 15) is 43.9 Å². The van der Waals surface area contributed by atoms with Crippen molar-refractivity contribution in [1.29, 1.82) is 0 Å². The number of halogens is 38. The van der Waals surface area contributed by atoms with Crippen molar-refractivity contribution in [2.45, 2.75) is 0 Å². The van der Waals surface area contributed by atoms with Crippen molar-refractivity contribution in [1.82, 2.24) is 0 Å². The van der Waals surface area contributed by atoms with Crippen molar-refractivity contribution >= 4 is 0 Å².